The summed E-state index contributed by atoms with van der Waals surface area (Å²) in [7, 11) is 0. The fourth-order valence-electron chi connectivity index (χ4n) is 3.62. The van der Waals surface area contributed by atoms with Crippen LogP contribution in [0.4, 0.5) is 0 Å². The largest absolute Gasteiger partial charge is 0.311 e. The van der Waals surface area contributed by atoms with Crippen molar-refractivity contribution in [2.45, 2.75) is 98.1 Å². The van der Waals surface area contributed by atoms with Gasteiger partial charge in [-0.1, -0.05) is 73.1 Å². The molecule has 0 aromatic heterocycles. The number of nitrogens with zero attached hydrogens (tertiary/aromatic N) is 1. The monoisotopic (exact) mass is 296 g/mol. The molecular weight excluding hydrogens is 256 g/mol. The maximum absolute atomic E-state index is 3.78. The Morgan fingerprint density at radius 2 is 1.62 bits per heavy atom. The molecule has 1 aliphatic rings. The summed E-state index contributed by atoms with van der Waals surface area (Å²) in [5, 5.41) is 3.78. The van der Waals surface area contributed by atoms with Crippen molar-refractivity contribution in [3.05, 3.63) is 0 Å². The van der Waals surface area contributed by atoms with Crippen molar-refractivity contribution in [2.24, 2.45) is 5.41 Å². The summed E-state index contributed by atoms with van der Waals surface area (Å²) in [5.74, 6) is 0. The van der Waals surface area contributed by atoms with Crippen molar-refractivity contribution in [2.75, 3.05) is 19.6 Å². The first-order chi connectivity index (χ1) is 9.99. The van der Waals surface area contributed by atoms with E-state index in [0.29, 0.717) is 17.5 Å². The van der Waals surface area contributed by atoms with Gasteiger partial charge in [0.05, 0.1) is 0 Å². The molecule has 2 nitrogen and oxygen atoms in total. The van der Waals surface area contributed by atoms with E-state index < -0.39 is 0 Å². The van der Waals surface area contributed by atoms with E-state index in [9.17, 15) is 0 Å². The van der Waals surface area contributed by atoms with Crippen LogP contribution in [0.3, 0.4) is 0 Å². The Morgan fingerprint density at radius 1 is 0.952 bits per heavy atom. The van der Waals surface area contributed by atoms with Crippen LogP contribution in [0.2, 0.25) is 0 Å². The lowest BCUT2D eigenvalue weighted by atomic mass is 9.83. The van der Waals surface area contributed by atoms with E-state index in [1.165, 1.54) is 71.0 Å². The van der Waals surface area contributed by atoms with Gasteiger partial charge in [-0.3, -0.25) is 4.90 Å². The molecule has 21 heavy (non-hydrogen) atoms. The van der Waals surface area contributed by atoms with Gasteiger partial charge in [0.2, 0.25) is 0 Å². The highest BCUT2D eigenvalue weighted by atomic mass is 15.2. The smallest absolute Gasteiger partial charge is 0.0269 e. The molecule has 1 N–H and O–H groups in total. The van der Waals surface area contributed by atoms with Gasteiger partial charge in [-0.05, 0) is 24.8 Å². The topological polar surface area (TPSA) is 15.3 Å². The Morgan fingerprint density at radius 3 is 2.24 bits per heavy atom. The summed E-state index contributed by atoms with van der Waals surface area (Å²) in [6.45, 7) is 15.5. The van der Waals surface area contributed by atoms with Crippen LogP contribution in [0.1, 0.15) is 86.0 Å². The summed E-state index contributed by atoms with van der Waals surface area (Å²) < 4.78 is 0. The molecule has 1 heterocycles. The van der Waals surface area contributed by atoms with E-state index in [1.54, 1.807) is 0 Å². The molecule has 0 aromatic carbocycles. The zero-order valence-electron chi connectivity index (χ0n) is 15.4. The molecule has 1 aliphatic heterocycles. The van der Waals surface area contributed by atoms with E-state index >= 15 is 0 Å². The van der Waals surface area contributed by atoms with Crippen LogP contribution in [0.15, 0.2) is 0 Å². The quantitative estimate of drug-likeness (QED) is 0.613. The molecular formula is C19H40N2. The fourth-order valence-corrected chi connectivity index (χ4v) is 3.62. The molecule has 0 aromatic rings. The first-order valence-corrected chi connectivity index (χ1v) is 9.46. The van der Waals surface area contributed by atoms with Crippen molar-refractivity contribution in [3.63, 3.8) is 0 Å². The van der Waals surface area contributed by atoms with Crippen molar-refractivity contribution in [1.29, 1.82) is 0 Å². The highest BCUT2D eigenvalue weighted by molar-refractivity contribution is 4.92. The fraction of sp³-hybridized carbons (Fsp3) is 1.00. The van der Waals surface area contributed by atoms with Crippen molar-refractivity contribution in [1.82, 2.24) is 10.2 Å². The third-order valence-electron chi connectivity index (χ3n) is 4.93. The number of nitrogens with one attached hydrogen (secondary N) is 1. The predicted octanol–water partition coefficient (Wildman–Crippen LogP) is 4.84. The normalized spacial score (nSPS) is 24.4. The standard InChI is InChI=1S/C19H40N2/c1-6-8-9-10-11-12-14-21-16-17(13-7-2)20-15-18(21)19(3,4)5/h17-18,20H,6-16H2,1-5H3. The lowest BCUT2D eigenvalue weighted by Crippen LogP contribution is -2.60. The first kappa shape index (κ1) is 19.0. The lowest BCUT2D eigenvalue weighted by molar-refractivity contribution is 0.0524. The second-order valence-corrected chi connectivity index (χ2v) is 8.04. The number of piperazine rings is 1. The number of rotatable bonds is 9. The third kappa shape index (κ3) is 7.15. The van der Waals surface area contributed by atoms with E-state index in [2.05, 4.69) is 44.8 Å². The van der Waals surface area contributed by atoms with E-state index in [0.717, 1.165) is 0 Å². The van der Waals surface area contributed by atoms with E-state index in [1.807, 2.05) is 0 Å². The Bertz CT molecular complexity index is 257. The minimum absolute atomic E-state index is 0.381. The highest BCUT2D eigenvalue weighted by Gasteiger charge is 2.34. The van der Waals surface area contributed by atoms with Crippen LogP contribution in [0.5, 0.6) is 0 Å². The molecule has 0 amide bonds. The molecule has 0 saturated carbocycles. The lowest BCUT2D eigenvalue weighted by Gasteiger charge is -2.46. The summed E-state index contributed by atoms with van der Waals surface area (Å²) in [5.41, 5.74) is 0.381. The molecule has 2 atom stereocenters. The second-order valence-electron chi connectivity index (χ2n) is 8.04. The molecule has 126 valence electrons. The highest BCUT2D eigenvalue weighted by Crippen LogP contribution is 2.27. The maximum atomic E-state index is 3.78. The van der Waals surface area contributed by atoms with Crippen LogP contribution in [-0.2, 0) is 0 Å². The summed E-state index contributed by atoms with van der Waals surface area (Å²) in [4.78, 5) is 2.79. The molecule has 0 spiro atoms. The molecule has 0 aliphatic carbocycles. The number of hydrogen-bond acceptors (Lipinski definition) is 2. The molecule has 1 rings (SSSR count). The zero-order valence-corrected chi connectivity index (χ0v) is 15.4. The van der Waals surface area contributed by atoms with Crippen LogP contribution in [0.25, 0.3) is 0 Å². The van der Waals surface area contributed by atoms with Crippen LogP contribution in [-0.4, -0.2) is 36.6 Å². The summed E-state index contributed by atoms with van der Waals surface area (Å²) in [6.07, 6.45) is 11.0. The SMILES string of the molecule is CCCCCCCCN1CC(CCC)NCC1C(C)(C)C. The zero-order chi connectivity index (χ0) is 15.7. The Kier molecular flexibility index (Phi) is 8.89. The molecule has 0 radical (unpaired) electrons. The van der Waals surface area contributed by atoms with Gasteiger partial charge in [0.15, 0.2) is 0 Å². The Hall–Kier alpha value is -0.0800. The number of hydrogen-bond donors (Lipinski definition) is 1. The predicted molar refractivity (Wildman–Crippen MR) is 94.9 cm³/mol. The molecule has 0 bridgehead atoms. The van der Waals surface area contributed by atoms with Crippen LogP contribution < -0.4 is 5.32 Å². The van der Waals surface area contributed by atoms with Gasteiger partial charge in [-0.15, -0.1) is 0 Å². The van der Waals surface area contributed by atoms with Gasteiger partial charge in [-0.25, -0.2) is 0 Å². The number of unbranched alkanes of at least 4 members (excludes halogenated alkanes) is 5. The van der Waals surface area contributed by atoms with Gasteiger partial charge in [0.1, 0.15) is 0 Å². The second kappa shape index (κ2) is 9.84. The van der Waals surface area contributed by atoms with Gasteiger partial charge >= 0.3 is 0 Å². The van der Waals surface area contributed by atoms with Gasteiger partial charge in [-0.2, -0.15) is 0 Å². The van der Waals surface area contributed by atoms with E-state index in [4.69, 9.17) is 0 Å². The maximum Gasteiger partial charge on any atom is 0.0269 e. The van der Waals surface area contributed by atoms with Crippen molar-refractivity contribution >= 4 is 0 Å². The molecule has 1 fully saturated rings. The average Bonchev–Trinajstić information content (AvgIpc) is 2.42. The summed E-state index contributed by atoms with van der Waals surface area (Å²) >= 11 is 0. The van der Waals surface area contributed by atoms with Crippen molar-refractivity contribution < 1.29 is 0 Å². The van der Waals surface area contributed by atoms with Gasteiger partial charge in [0.25, 0.3) is 0 Å². The van der Waals surface area contributed by atoms with Crippen LogP contribution >= 0.6 is 0 Å². The average molecular weight is 297 g/mol. The third-order valence-corrected chi connectivity index (χ3v) is 4.93. The molecule has 2 unspecified atom stereocenters. The van der Waals surface area contributed by atoms with Gasteiger partial charge < -0.3 is 5.32 Å². The summed E-state index contributed by atoms with van der Waals surface area (Å²) in [6, 6.07) is 1.41. The Balaban J connectivity index is 2.39. The molecule has 1 saturated heterocycles. The minimum atomic E-state index is 0.381. The Labute approximate surface area is 134 Å². The van der Waals surface area contributed by atoms with E-state index in [-0.39, 0.29) is 0 Å². The van der Waals surface area contributed by atoms with Crippen LogP contribution in [0, 0.1) is 5.41 Å². The van der Waals surface area contributed by atoms with Crippen molar-refractivity contribution in [3.8, 4) is 0 Å². The minimum Gasteiger partial charge on any atom is -0.311 e. The first-order valence-electron chi connectivity index (χ1n) is 9.46. The molecule has 2 heteroatoms. The van der Waals surface area contributed by atoms with Gasteiger partial charge in [0, 0.05) is 25.2 Å².